The summed E-state index contributed by atoms with van der Waals surface area (Å²) in [6.07, 6.45) is 0.269. The first-order chi connectivity index (χ1) is 11.5. The Bertz CT molecular complexity index is 626. The number of nitrogens with zero attached hydrogens (tertiary/aromatic N) is 3. The van der Waals surface area contributed by atoms with Crippen LogP contribution in [0.2, 0.25) is 0 Å². The largest absolute Gasteiger partial charge is 0.482 e. The lowest BCUT2D eigenvalue weighted by Crippen LogP contribution is -2.53. The molecule has 0 aliphatic carbocycles. The smallest absolute Gasteiger partial charge is 0.265 e. The molecule has 2 amide bonds. The van der Waals surface area contributed by atoms with Crippen LogP contribution in [-0.4, -0.2) is 68.1 Å². The molecule has 2 aliphatic rings. The highest BCUT2D eigenvalue weighted by Gasteiger charge is 2.26. The second-order valence-electron chi connectivity index (χ2n) is 6.38. The van der Waals surface area contributed by atoms with Gasteiger partial charge in [-0.3, -0.25) is 15.0 Å². The number of carbonyl (C=O) groups is 2. The topological polar surface area (TPSA) is 65.1 Å². The fourth-order valence-corrected chi connectivity index (χ4v) is 2.92. The van der Waals surface area contributed by atoms with Crippen LogP contribution in [0.25, 0.3) is 0 Å². The summed E-state index contributed by atoms with van der Waals surface area (Å²) in [5.41, 5.74) is 4.73. The minimum absolute atomic E-state index is 0.0239. The summed E-state index contributed by atoms with van der Waals surface area (Å²) >= 11 is 0. The number of benzene rings is 1. The number of ether oxygens (including phenoxy) is 1. The Morgan fingerprint density at radius 3 is 2.75 bits per heavy atom. The van der Waals surface area contributed by atoms with Gasteiger partial charge in [0.25, 0.3) is 5.91 Å². The molecule has 2 heterocycles. The van der Waals surface area contributed by atoms with E-state index in [0.717, 1.165) is 37.4 Å². The van der Waals surface area contributed by atoms with Crippen molar-refractivity contribution in [3.63, 3.8) is 0 Å². The Labute approximate surface area is 142 Å². The number of carbonyl (C=O) groups excluding carboxylic acids is 2. The summed E-state index contributed by atoms with van der Waals surface area (Å²) in [7, 11) is 2.07. The Hall–Kier alpha value is -2.12. The van der Waals surface area contributed by atoms with Gasteiger partial charge in [0.15, 0.2) is 6.61 Å². The van der Waals surface area contributed by atoms with Gasteiger partial charge in [-0.15, -0.1) is 0 Å². The van der Waals surface area contributed by atoms with Gasteiger partial charge in [-0.1, -0.05) is 6.07 Å². The van der Waals surface area contributed by atoms with Crippen LogP contribution in [0.5, 0.6) is 5.75 Å². The number of hydrogen-bond acceptors (Lipinski definition) is 5. The first-order valence-corrected chi connectivity index (χ1v) is 8.30. The molecule has 0 spiro atoms. The molecule has 7 nitrogen and oxygen atoms in total. The van der Waals surface area contributed by atoms with Crippen LogP contribution < -0.4 is 15.1 Å². The van der Waals surface area contributed by atoms with Crippen molar-refractivity contribution < 1.29 is 14.3 Å². The fraction of sp³-hybridized carbons (Fsp3) is 0.529. The number of rotatable bonds is 4. The number of amides is 2. The quantitative estimate of drug-likeness (QED) is 0.864. The number of fused-ring (bicyclic) bond motifs is 1. The number of nitrogens with one attached hydrogen (secondary N) is 1. The highest BCUT2D eigenvalue weighted by molar-refractivity contribution is 5.98. The molecule has 1 aromatic carbocycles. The van der Waals surface area contributed by atoms with Crippen LogP contribution in [-0.2, 0) is 9.59 Å². The van der Waals surface area contributed by atoms with E-state index in [4.69, 9.17) is 4.74 Å². The van der Waals surface area contributed by atoms with Gasteiger partial charge in [0.1, 0.15) is 5.75 Å². The van der Waals surface area contributed by atoms with Crippen molar-refractivity contribution in [3.05, 3.63) is 23.8 Å². The van der Waals surface area contributed by atoms with Gasteiger partial charge >= 0.3 is 0 Å². The maximum atomic E-state index is 12.2. The van der Waals surface area contributed by atoms with Crippen molar-refractivity contribution in [2.24, 2.45) is 0 Å². The van der Waals surface area contributed by atoms with E-state index in [1.54, 1.807) is 4.90 Å². The Morgan fingerprint density at radius 2 is 2.00 bits per heavy atom. The van der Waals surface area contributed by atoms with E-state index >= 15 is 0 Å². The minimum atomic E-state index is -0.111. The predicted molar refractivity (Wildman–Crippen MR) is 90.9 cm³/mol. The van der Waals surface area contributed by atoms with Crippen LogP contribution in [0.15, 0.2) is 18.2 Å². The molecule has 24 heavy (non-hydrogen) atoms. The molecule has 1 N–H and O–H groups in total. The van der Waals surface area contributed by atoms with Crippen LogP contribution in [0.3, 0.4) is 0 Å². The van der Waals surface area contributed by atoms with Gasteiger partial charge < -0.3 is 14.5 Å². The Morgan fingerprint density at radius 1 is 1.25 bits per heavy atom. The number of hydrogen-bond donors (Lipinski definition) is 1. The fourth-order valence-electron chi connectivity index (χ4n) is 2.92. The SMILES string of the molecule is Cc1ccc2c(c1)N(CCC(=O)NN1CCN(C)CC1)C(=O)CO2. The van der Waals surface area contributed by atoms with E-state index in [1.807, 2.05) is 30.1 Å². The van der Waals surface area contributed by atoms with Crippen molar-refractivity contribution >= 4 is 17.5 Å². The maximum Gasteiger partial charge on any atom is 0.265 e. The Balaban J connectivity index is 1.57. The maximum absolute atomic E-state index is 12.2. The van der Waals surface area contributed by atoms with Gasteiger partial charge in [0, 0.05) is 39.1 Å². The van der Waals surface area contributed by atoms with Crippen molar-refractivity contribution in [3.8, 4) is 5.75 Å². The number of likely N-dealkylation sites (N-methyl/N-ethyl adjacent to an activating group) is 1. The minimum Gasteiger partial charge on any atom is -0.482 e. The van der Waals surface area contributed by atoms with Crippen LogP contribution in [0, 0.1) is 6.92 Å². The standard InChI is InChI=1S/C17H24N4O3/c1-13-3-4-15-14(11-13)21(17(23)12-24-15)6-5-16(22)18-20-9-7-19(2)8-10-20/h3-4,11H,5-10,12H2,1-2H3,(H,18,22). The second kappa shape index (κ2) is 7.19. The molecule has 0 bridgehead atoms. The number of aryl methyl sites for hydroxylation is 1. The third kappa shape index (κ3) is 3.85. The molecule has 130 valence electrons. The zero-order chi connectivity index (χ0) is 17.1. The summed E-state index contributed by atoms with van der Waals surface area (Å²) < 4.78 is 5.45. The predicted octanol–water partition coefficient (Wildman–Crippen LogP) is 0.389. The van der Waals surface area contributed by atoms with Crippen LogP contribution in [0.1, 0.15) is 12.0 Å². The average molecular weight is 332 g/mol. The molecule has 1 fully saturated rings. The van der Waals surface area contributed by atoms with Crippen molar-refractivity contribution in [2.45, 2.75) is 13.3 Å². The molecular weight excluding hydrogens is 308 g/mol. The molecule has 0 saturated carbocycles. The van der Waals surface area contributed by atoms with E-state index in [-0.39, 0.29) is 24.8 Å². The number of anilines is 1. The van der Waals surface area contributed by atoms with Crippen LogP contribution in [0.4, 0.5) is 5.69 Å². The van der Waals surface area contributed by atoms with Crippen molar-refractivity contribution in [1.29, 1.82) is 0 Å². The molecule has 0 unspecified atom stereocenters. The monoisotopic (exact) mass is 332 g/mol. The normalized spacial score (nSPS) is 18.9. The summed E-state index contributed by atoms with van der Waals surface area (Å²) in [5.74, 6) is 0.522. The number of hydrazine groups is 1. The molecule has 1 saturated heterocycles. The van der Waals surface area contributed by atoms with E-state index in [1.165, 1.54) is 0 Å². The molecule has 7 heteroatoms. The first kappa shape index (κ1) is 16.7. The highest BCUT2D eigenvalue weighted by Crippen LogP contribution is 2.32. The van der Waals surface area contributed by atoms with E-state index in [0.29, 0.717) is 12.3 Å². The van der Waals surface area contributed by atoms with Gasteiger partial charge in [-0.2, -0.15) is 0 Å². The molecular formula is C17H24N4O3. The highest BCUT2D eigenvalue weighted by atomic mass is 16.5. The van der Waals surface area contributed by atoms with Gasteiger partial charge in [0.05, 0.1) is 5.69 Å². The summed E-state index contributed by atoms with van der Waals surface area (Å²) in [4.78, 5) is 28.2. The zero-order valence-corrected chi connectivity index (χ0v) is 14.2. The lowest BCUT2D eigenvalue weighted by molar-refractivity contribution is -0.126. The molecule has 3 rings (SSSR count). The lowest BCUT2D eigenvalue weighted by atomic mass is 10.1. The van der Waals surface area contributed by atoms with E-state index in [2.05, 4.69) is 17.4 Å². The zero-order valence-electron chi connectivity index (χ0n) is 14.2. The van der Waals surface area contributed by atoms with E-state index < -0.39 is 0 Å². The summed E-state index contributed by atoms with van der Waals surface area (Å²) in [6, 6.07) is 5.74. The molecule has 0 radical (unpaired) electrons. The average Bonchev–Trinajstić information content (AvgIpc) is 2.56. The molecule has 0 aromatic heterocycles. The Kier molecular flexibility index (Phi) is 5.01. The summed E-state index contributed by atoms with van der Waals surface area (Å²) in [5, 5.41) is 1.95. The third-order valence-corrected chi connectivity index (χ3v) is 4.41. The van der Waals surface area contributed by atoms with Gasteiger partial charge in [0.2, 0.25) is 5.91 Å². The van der Waals surface area contributed by atoms with Crippen molar-refractivity contribution in [2.75, 3.05) is 51.3 Å². The number of piperazine rings is 1. The van der Waals surface area contributed by atoms with E-state index in [9.17, 15) is 9.59 Å². The molecule has 1 aromatic rings. The van der Waals surface area contributed by atoms with Crippen LogP contribution >= 0.6 is 0 Å². The third-order valence-electron chi connectivity index (χ3n) is 4.41. The first-order valence-electron chi connectivity index (χ1n) is 8.30. The second-order valence-corrected chi connectivity index (χ2v) is 6.38. The van der Waals surface area contributed by atoms with Crippen molar-refractivity contribution in [1.82, 2.24) is 15.3 Å². The molecule has 2 aliphatic heterocycles. The molecule has 0 atom stereocenters. The van der Waals surface area contributed by atoms with Gasteiger partial charge in [-0.25, -0.2) is 5.01 Å². The summed E-state index contributed by atoms with van der Waals surface area (Å²) in [6.45, 7) is 5.87. The lowest BCUT2D eigenvalue weighted by Gasteiger charge is -2.33. The van der Waals surface area contributed by atoms with Gasteiger partial charge in [-0.05, 0) is 31.7 Å².